The van der Waals surface area contributed by atoms with Gasteiger partial charge in [-0.05, 0) is 37.0 Å². The molecule has 2 heterocycles. The van der Waals surface area contributed by atoms with Crippen LogP contribution in [0.3, 0.4) is 0 Å². The Morgan fingerprint density at radius 2 is 2.22 bits per heavy atom. The van der Waals surface area contributed by atoms with Crippen molar-refractivity contribution in [2.24, 2.45) is 0 Å². The second-order valence-corrected chi connectivity index (χ2v) is 6.66. The number of nitrogens with zero attached hydrogens (tertiary/aromatic N) is 3. The molecule has 2 atom stereocenters. The first-order valence-electron chi connectivity index (χ1n) is 7.67. The standard InChI is InChI=1S/C16H20N4O2S/c1-11-15(23-19-18-11)10-20-8-7-13(14(21)9-20)17-16(22)12-5-3-2-4-6-12/h2-6,13-14,21H,7-10H2,1H3,(H,17,22)/t13-,14-/m1/s1. The predicted molar refractivity (Wildman–Crippen MR) is 88.2 cm³/mol. The lowest BCUT2D eigenvalue weighted by Gasteiger charge is -2.36. The van der Waals surface area contributed by atoms with E-state index in [1.807, 2.05) is 25.1 Å². The molecule has 1 aliphatic rings. The number of benzene rings is 1. The first-order valence-corrected chi connectivity index (χ1v) is 8.45. The molecule has 2 aromatic rings. The van der Waals surface area contributed by atoms with Crippen LogP contribution in [0.25, 0.3) is 0 Å². The van der Waals surface area contributed by atoms with Crippen LogP contribution in [0.15, 0.2) is 30.3 Å². The van der Waals surface area contributed by atoms with E-state index in [2.05, 4.69) is 19.8 Å². The number of aryl methyl sites for hydroxylation is 1. The summed E-state index contributed by atoms with van der Waals surface area (Å²) in [7, 11) is 0. The average Bonchev–Trinajstić information content (AvgIpc) is 2.96. The summed E-state index contributed by atoms with van der Waals surface area (Å²) < 4.78 is 3.94. The van der Waals surface area contributed by atoms with Gasteiger partial charge in [-0.25, -0.2) is 0 Å². The molecule has 0 unspecified atom stereocenters. The zero-order valence-electron chi connectivity index (χ0n) is 13.0. The van der Waals surface area contributed by atoms with Gasteiger partial charge in [-0.3, -0.25) is 9.69 Å². The molecule has 1 amide bonds. The monoisotopic (exact) mass is 332 g/mol. The molecule has 2 N–H and O–H groups in total. The molecule has 0 aliphatic carbocycles. The van der Waals surface area contributed by atoms with Gasteiger partial charge >= 0.3 is 0 Å². The first kappa shape index (κ1) is 16.0. The van der Waals surface area contributed by atoms with Gasteiger partial charge in [0.05, 0.1) is 22.7 Å². The average molecular weight is 332 g/mol. The van der Waals surface area contributed by atoms with Gasteiger partial charge in [0.2, 0.25) is 0 Å². The van der Waals surface area contributed by atoms with Gasteiger partial charge in [-0.2, -0.15) is 0 Å². The van der Waals surface area contributed by atoms with Crippen molar-refractivity contribution in [2.75, 3.05) is 13.1 Å². The second kappa shape index (κ2) is 7.16. The Hall–Kier alpha value is -1.83. The Kier molecular flexibility index (Phi) is 5.00. The zero-order chi connectivity index (χ0) is 16.2. The summed E-state index contributed by atoms with van der Waals surface area (Å²) in [6, 6.07) is 8.88. The van der Waals surface area contributed by atoms with Crippen molar-refractivity contribution in [1.82, 2.24) is 19.8 Å². The van der Waals surface area contributed by atoms with Crippen LogP contribution in [0.5, 0.6) is 0 Å². The summed E-state index contributed by atoms with van der Waals surface area (Å²) in [5, 5.41) is 17.3. The third kappa shape index (κ3) is 3.93. The Morgan fingerprint density at radius 3 is 2.87 bits per heavy atom. The van der Waals surface area contributed by atoms with E-state index < -0.39 is 6.10 Å². The smallest absolute Gasteiger partial charge is 0.251 e. The van der Waals surface area contributed by atoms with Crippen molar-refractivity contribution in [3.8, 4) is 0 Å². The summed E-state index contributed by atoms with van der Waals surface area (Å²) in [6.45, 7) is 4.06. The Balaban J connectivity index is 1.54. The molecule has 3 rings (SSSR count). The maximum atomic E-state index is 12.2. The molecular formula is C16H20N4O2S. The van der Waals surface area contributed by atoms with Crippen LogP contribution in [-0.2, 0) is 6.54 Å². The van der Waals surface area contributed by atoms with Gasteiger partial charge in [0.25, 0.3) is 5.91 Å². The highest BCUT2D eigenvalue weighted by molar-refractivity contribution is 7.05. The van der Waals surface area contributed by atoms with E-state index >= 15 is 0 Å². The molecule has 1 fully saturated rings. The third-order valence-corrected chi connectivity index (χ3v) is 4.94. The molecule has 122 valence electrons. The van der Waals surface area contributed by atoms with E-state index in [4.69, 9.17) is 0 Å². The number of aromatic nitrogens is 2. The zero-order valence-corrected chi connectivity index (χ0v) is 13.8. The number of amides is 1. The van der Waals surface area contributed by atoms with E-state index in [0.717, 1.165) is 30.1 Å². The molecule has 6 nitrogen and oxygen atoms in total. The number of aliphatic hydroxyl groups excluding tert-OH is 1. The van der Waals surface area contributed by atoms with E-state index in [-0.39, 0.29) is 11.9 Å². The number of nitrogens with one attached hydrogen (secondary N) is 1. The fraction of sp³-hybridized carbons (Fsp3) is 0.438. The van der Waals surface area contributed by atoms with Crippen LogP contribution in [0.2, 0.25) is 0 Å². The Morgan fingerprint density at radius 1 is 1.43 bits per heavy atom. The fourth-order valence-corrected chi connectivity index (χ4v) is 3.42. The first-order chi connectivity index (χ1) is 11.1. The molecule has 0 radical (unpaired) electrons. The summed E-state index contributed by atoms with van der Waals surface area (Å²) >= 11 is 1.40. The van der Waals surface area contributed by atoms with Crippen molar-refractivity contribution >= 4 is 17.4 Å². The number of carbonyl (C=O) groups excluding carboxylic acids is 1. The molecule has 1 aromatic carbocycles. The van der Waals surface area contributed by atoms with Gasteiger partial charge in [0.1, 0.15) is 0 Å². The van der Waals surface area contributed by atoms with Crippen molar-refractivity contribution in [3.05, 3.63) is 46.5 Å². The largest absolute Gasteiger partial charge is 0.390 e. The van der Waals surface area contributed by atoms with Crippen LogP contribution >= 0.6 is 11.5 Å². The molecule has 23 heavy (non-hydrogen) atoms. The summed E-state index contributed by atoms with van der Waals surface area (Å²) in [4.78, 5) is 15.5. The van der Waals surface area contributed by atoms with E-state index in [1.54, 1.807) is 12.1 Å². The number of carbonyl (C=O) groups is 1. The minimum atomic E-state index is -0.572. The summed E-state index contributed by atoms with van der Waals surface area (Å²) in [6.07, 6.45) is 0.156. The number of β-amino-alcohol motifs (C(OH)–C–C–N with tert-alkyl or cyclic N) is 1. The lowest BCUT2D eigenvalue weighted by atomic mass is 10.0. The van der Waals surface area contributed by atoms with Crippen molar-refractivity contribution in [3.63, 3.8) is 0 Å². The molecule has 1 aromatic heterocycles. The van der Waals surface area contributed by atoms with Gasteiger partial charge < -0.3 is 10.4 Å². The van der Waals surface area contributed by atoms with E-state index in [1.165, 1.54) is 11.5 Å². The van der Waals surface area contributed by atoms with Crippen LogP contribution in [0, 0.1) is 6.92 Å². The fourth-order valence-electron chi connectivity index (χ4n) is 2.75. The van der Waals surface area contributed by atoms with Crippen LogP contribution in [0.4, 0.5) is 0 Å². The number of hydrogen-bond donors (Lipinski definition) is 2. The molecule has 0 saturated carbocycles. The van der Waals surface area contributed by atoms with E-state index in [9.17, 15) is 9.90 Å². The maximum Gasteiger partial charge on any atom is 0.251 e. The number of likely N-dealkylation sites (tertiary alicyclic amines) is 1. The molecule has 1 saturated heterocycles. The predicted octanol–water partition coefficient (Wildman–Crippen LogP) is 1.21. The maximum absolute atomic E-state index is 12.2. The van der Waals surface area contributed by atoms with Gasteiger partial charge in [0.15, 0.2) is 0 Å². The number of piperidine rings is 1. The molecule has 0 spiro atoms. The lowest BCUT2D eigenvalue weighted by Crippen LogP contribution is -2.53. The highest BCUT2D eigenvalue weighted by atomic mass is 32.1. The lowest BCUT2D eigenvalue weighted by molar-refractivity contribution is 0.0352. The van der Waals surface area contributed by atoms with Crippen LogP contribution < -0.4 is 5.32 Å². The van der Waals surface area contributed by atoms with Gasteiger partial charge in [0, 0.05) is 25.2 Å². The topological polar surface area (TPSA) is 78.4 Å². The van der Waals surface area contributed by atoms with Crippen LogP contribution in [-0.4, -0.2) is 50.7 Å². The number of rotatable bonds is 4. The minimum Gasteiger partial charge on any atom is -0.390 e. The number of aliphatic hydroxyl groups is 1. The van der Waals surface area contributed by atoms with Crippen molar-refractivity contribution < 1.29 is 9.90 Å². The highest BCUT2D eigenvalue weighted by Gasteiger charge is 2.29. The molecule has 1 aliphatic heterocycles. The second-order valence-electron chi connectivity index (χ2n) is 5.82. The van der Waals surface area contributed by atoms with E-state index in [0.29, 0.717) is 12.1 Å². The molecular weight excluding hydrogens is 312 g/mol. The summed E-state index contributed by atoms with van der Waals surface area (Å²) in [5.74, 6) is -0.134. The van der Waals surface area contributed by atoms with Gasteiger partial charge in [-0.15, -0.1) is 5.10 Å². The third-order valence-electron chi connectivity index (χ3n) is 4.13. The van der Waals surface area contributed by atoms with Crippen molar-refractivity contribution in [2.45, 2.75) is 32.0 Å². The highest BCUT2D eigenvalue weighted by Crippen LogP contribution is 2.18. The van der Waals surface area contributed by atoms with Crippen LogP contribution in [0.1, 0.15) is 27.3 Å². The SMILES string of the molecule is Cc1nnsc1CN1CC[C@@H](NC(=O)c2ccccc2)[C@H](O)C1. The molecule has 0 bridgehead atoms. The van der Waals surface area contributed by atoms with Gasteiger partial charge in [-0.1, -0.05) is 22.7 Å². The van der Waals surface area contributed by atoms with Crippen molar-refractivity contribution in [1.29, 1.82) is 0 Å². The Bertz CT molecular complexity index is 661. The Labute approximate surface area is 139 Å². The molecule has 7 heteroatoms. The summed E-state index contributed by atoms with van der Waals surface area (Å²) in [5.41, 5.74) is 1.57. The minimum absolute atomic E-state index is 0.134. The number of hydrogen-bond acceptors (Lipinski definition) is 6. The quantitative estimate of drug-likeness (QED) is 0.880. The normalized spacial score (nSPS) is 22.0.